The summed E-state index contributed by atoms with van der Waals surface area (Å²) < 4.78 is 7.99. The molecule has 108 valence electrons. The number of hydrogen-bond donors (Lipinski definition) is 0. The molecule has 4 rings (SSSR count). The van der Waals surface area contributed by atoms with Gasteiger partial charge in [-0.15, -0.1) is 11.6 Å². The standard InChI is InChI=1S/C16H16ClN3O/c17-8-15-19-14-9-18-13-6-2-1-5-12(13)16(14)20(15)10-11-4-3-7-21-11/h1-2,5-6,9,11H,3-4,7-8,10H2. The predicted octanol–water partition coefficient (Wildman–Crippen LogP) is 3.50. The summed E-state index contributed by atoms with van der Waals surface area (Å²) in [6.07, 6.45) is 4.33. The summed E-state index contributed by atoms with van der Waals surface area (Å²) in [7, 11) is 0. The van der Waals surface area contributed by atoms with Crippen molar-refractivity contribution in [3.63, 3.8) is 0 Å². The molecule has 0 spiro atoms. The van der Waals surface area contributed by atoms with Gasteiger partial charge in [0, 0.05) is 12.0 Å². The quantitative estimate of drug-likeness (QED) is 0.695. The fourth-order valence-corrected chi connectivity index (χ4v) is 3.30. The van der Waals surface area contributed by atoms with Crippen LogP contribution >= 0.6 is 11.6 Å². The molecule has 0 bridgehead atoms. The topological polar surface area (TPSA) is 39.9 Å². The molecule has 3 heterocycles. The van der Waals surface area contributed by atoms with Crippen LogP contribution in [0, 0.1) is 0 Å². The van der Waals surface area contributed by atoms with Crippen molar-refractivity contribution < 1.29 is 4.74 Å². The number of benzene rings is 1. The van der Waals surface area contributed by atoms with Crippen molar-refractivity contribution in [3.05, 3.63) is 36.3 Å². The molecule has 0 aliphatic carbocycles. The number of nitrogens with zero attached hydrogens (tertiary/aromatic N) is 3. The molecule has 4 nitrogen and oxygen atoms in total. The minimum atomic E-state index is 0.260. The van der Waals surface area contributed by atoms with Crippen molar-refractivity contribution in [2.24, 2.45) is 0 Å². The van der Waals surface area contributed by atoms with Crippen LogP contribution in [0.25, 0.3) is 21.9 Å². The van der Waals surface area contributed by atoms with Crippen LogP contribution in [0.2, 0.25) is 0 Å². The van der Waals surface area contributed by atoms with E-state index in [9.17, 15) is 0 Å². The average Bonchev–Trinajstić information content (AvgIpc) is 3.15. The van der Waals surface area contributed by atoms with Crippen molar-refractivity contribution in [1.82, 2.24) is 14.5 Å². The lowest BCUT2D eigenvalue weighted by molar-refractivity contribution is 0.0974. The second-order valence-corrected chi connectivity index (χ2v) is 5.68. The molecule has 0 amide bonds. The number of fused-ring (bicyclic) bond motifs is 3. The summed E-state index contributed by atoms with van der Waals surface area (Å²) >= 11 is 6.10. The predicted molar refractivity (Wildman–Crippen MR) is 83.6 cm³/mol. The zero-order chi connectivity index (χ0) is 14.2. The Morgan fingerprint density at radius 3 is 3.00 bits per heavy atom. The summed E-state index contributed by atoms with van der Waals surface area (Å²) in [4.78, 5) is 9.12. The van der Waals surface area contributed by atoms with Gasteiger partial charge >= 0.3 is 0 Å². The fourth-order valence-electron chi connectivity index (χ4n) is 3.10. The molecule has 1 aliphatic heterocycles. The van der Waals surface area contributed by atoms with Crippen LogP contribution in [-0.4, -0.2) is 27.2 Å². The van der Waals surface area contributed by atoms with E-state index in [0.29, 0.717) is 5.88 Å². The molecule has 0 saturated carbocycles. The lowest BCUT2D eigenvalue weighted by Crippen LogP contribution is -2.16. The van der Waals surface area contributed by atoms with Gasteiger partial charge in [0.25, 0.3) is 0 Å². The Morgan fingerprint density at radius 2 is 2.19 bits per heavy atom. The molecular formula is C16H16ClN3O. The summed E-state index contributed by atoms with van der Waals surface area (Å²) in [5, 5.41) is 1.12. The highest BCUT2D eigenvalue weighted by atomic mass is 35.5. The van der Waals surface area contributed by atoms with Crippen molar-refractivity contribution in [1.29, 1.82) is 0 Å². The molecule has 1 atom stereocenters. The Morgan fingerprint density at radius 1 is 1.29 bits per heavy atom. The third-order valence-electron chi connectivity index (χ3n) is 4.09. The van der Waals surface area contributed by atoms with Gasteiger partial charge in [0.2, 0.25) is 0 Å². The number of halogens is 1. The first-order valence-electron chi connectivity index (χ1n) is 7.27. The third kappa shape index (κ3) is 2.19. The third-order valence-corrected chi connectivity index (χ3v) is 4.33. The fraction of sp³-hybridized carbons (Fsp3) is 0.375. The molecule has 21 heavy (non-hydrogen) atoms. The van der Waals surface area contributed by atoms with Gasteiger partial charge in [-0.2, -0.15) is 0 Å². The van der Waals surface area contributed by atoms with Gasteiger partial charge in [-0.3, -0.25) is 4.98 Å². The first-order valence-corrected chi connectivity index (χ1v) is 7.80. The monoisotopic (exact) mass is 301 g/mol. The van der Waals surface area contributed by atoms with Crippen LogP contribution in [0.3, 0.4) is 0 Å². The molecule has 0 radical (unpaired) electrons. The van der Waals surface area contributed by atoms with Gasteiger partial charge in [0.15, 0.2) is 0 Å². The lowest BCUT2D eigenvalue weighted by Gasteiger charge is -2.14. The molecule has 1 aliphatic rings. The largest absolute Gasteiger partial charge is 0.376 e. The van der Waals surface area contributed by atoms with E-state index in [4.69, 9.17) is 16.3 Å². The van der Waals surface area contributed by atoms with Gasteiger partial charge in [-0.1, -0.05) is 18.2 Å². The number of ether oxygens (including phenoxy) is 1. The number of imidazole rings is 1. The van der Waals surface area contributed by atoms with Crippen molar-refractivity contribution in [3.8, 4) is 0 Å². The average molecular weight is 302 g/mol. The molecule has 1 unspecified atom stereocenters. The Bertz CT molecular complexity index is 793. The van der Waals surface area contributed by atoms with E-state index in [1.165, 1.54) is 0 Å². The maximum absolute atomic E-state index is 6.10. The number of para-hydroxylation sites is 1. The van der Waals surface area contributed by atoms with Crippen LogP contribution in [0.5, 0.6) is 0 Å². The minimum absolute atomic E-state index is 0.260. The lowest BCUT2D eigenvalue weighted by atomic mass is 10.2. The van der Waals surface area contributed by atoms with Crippen molar-refractivity contribution in [2.75, 3.05) is 6.61 Å². The van der Waals surface area contributed by atoms with Crippen LogP contribution in [-0.2, 0) is 17.2 Å². The Kier molecular flexibility index (Phi) is 3.28. The molecule has 2 aromatic heterocycles. The summed E-state index contributed by atoms with van der Waals surface area (Å²) in [5.41, 5.74) is 3.01. The van der Waals surface area contributed by atoms with Crippen LogP contribution in [0.1, 0.15) is 18.7 Å². The first-order chi connectivity index (χ1) is 10.4. The second kappa shape index (κ2) is 5.28. The highest BCUT2D eigenvalue weighted by Crippen LogP contribution is 2.27. The minimum Gasteiger partial charge on any atom is -0.376 e. The summed E-state index contributed by atoms with van der Waals surface area (Å²) in [6.45, 7) is 1.67. The Balaban J connectivity index is 1.94. The van der Waals surface area contributed by atoms with E-state index in [1.54, 1.807) is 0 Å². The van der Waals surface area contributed by atoms with Gasteiger partial charge in [0.1, 0.15) is 11.3 Å². The number of pyridine rings is 1. The molecule has 3 aromatic rings. The summed E-state index contributed by atoms with van der Waals surface area (Å²) in [6, 6.07) is 8.16. The van der Waals surface area contributed by atoms with Crippen molar-refractivity contribution in [2.45, 2.75) is 31.4 Å². The van der Waals surface area contributed by atoms with E-state index < -0.39 is 0 Å². The molecule has 1 fully saturated rings. The smallest absolute Gasteiger partial charge is 0.125 e. The Labute approximate surface area is 127 Å². The van der Waals surface area contributed by atoms with Gasteiger partial charge in [-0.25, -0.2) is 4.98 Å². The molecule has 1 saturated heterocycles. The van der Waals surface area contributed by atoms with E-state index in [0.717, 1.165) is 53.8 Å². The molecular weight excluding hydrogens is 286 g/mol. The maximum Gasteiger partial charge on any atom is 0.125 e. The molecule has 5 heteroatoms. The van der Waals surface area contributed by atoms with Gasteiger partial charge in [0.05, 0.1) is 35.8 Å². The number of rotatable bonds is 3. The maximum atomic E-state index is 6.10. The number of alkyl halides is 1. The highest BCUT2D eigenvalue weighted by Gasteiger charge is 2.20. The van der Waals surface area contributed by atoms with E-state index in [2.05, 4.69) is 20.6 Å². The van der Waals surface area contributed by atoms with Gasteiger partial charge < -0.3 is 9.30 Å². The molecule has 0 N–H and O–H groups in total. The van der Waals surface area contributed by atoms with Crippen molar-refractivity contribution >= 4 is 33.5 Å². The molecule has 1 aromatic carbocycles. The zero-order valence-corrected chi connectivity index (χ0v) is 12.4. The zero-order valence-electron chi connectivity index (χ0n) is 11.6. The second-order valence-electron chi connectivity index (χ2n) is 5.42. The number of aromatic nitrogens is 3. The highest BCUT2D eigenvalue weighted by molar-refractivity contribution is 6.17. The van der Waals surface area contributed by atoms with Gasteiger partial charge in [-0.05, 0) is 18.9 Å². The first kappa shape index (κ1) is 13.0. The van der Waals surface area contributed by atoms with Crippen LogP contribution in [0.15, 0.2) is 30.5 Å². The SMILES string of the molecule is ClCc1nc2cnc3ccccc3c2n1CC1CCCO1. The Hall–Kier alpha value is -1.65. The number of hydrogen-bond acceptors (Lipinski definition) is 3. The van der Waals surface area contributed by atoms with E-state index in [1.807, 2.05) is 24.4 Å². The van der Waals surface area contributed by atoms with E-state index in [-0.39, 0.29) is 6.10 Å². The van der Waals surface area contributed by atoms with Crippen LogP contribution < -0.4 is 0 Å². The van der Waals surface area contributed by atoms with E-state index >= 15 is 0 Å². The normalized spacial score (nSPS) is 18.8. The summed E-state index contributed by atoms with van der Waals surface area (Å²) in [5.74, 6) is 1.29. The van der Waals surface area contributed by atoms with Crippen LogP contribution in [0.4, 0.5) is 0 Å².